The first-order valence-electron chi connectivity index (χ1n) is 6.22. The highest BCUT2D eigenvalue weighted by atomic mass is 35.5. The number of carbonyl (C=O) groups excluding carboxylic acids is 1. The van der Waals surface area contributed by atoms with E-state index in [1.165, 1.54) is 0 Å². The van der Waals surface area contributed by atoms with Crippen LogP contribution in [0.1, 0.15) is 31.2 Å². The van der Waals surface area contributed by atoms with E-state index < -0.39 is 0 Å². The largest absolute Gasteiger partial charge is 0.378 e. The van der Waals surface area contributed by atoms with Crippen molar-refractivity contribution >= 4 is 29.0 Å². The van der Waals surface area contributed by atoms with E-state index in [0.29, 0.717) is 22.9 Å². The number of hydrogen-bond acceptors (Lipinski definition) is 2. The Labute approximate surface area is 117 Å². The van der Waals surface area contributed by atoms with E-state index in [1.807, 2.05) is 6.07 Å². The molecular weight excluding hydrogens is 271 g/mol. The van der Waals surface area contributed by atoms with Crippen LogP contribution < -0.4 is 0 Å². The highest BCUT2D eigenvalue weighted by Gasteiger charge is 2.17. The third-order valence-electron chi connectivity index (χ3n) is 3.17. The summed E-state index contributed by atoms with van der Waals surface area (Å²) in [6, 6.07) is 5.25. The first kappa shape index (κ1) is 13.9. The molecule has 0 aliphatic carbocycles. The van der Waals surface area contributed by atoms with E-state index in [1.54, 1.807) is 12.1 Å². The minimum Gasteiger partial charge on any atom is -0.378 e. The van der Waals surface area contributed by atoms with Gasteiger partial charge in [0.2, 0.25) is 0 Å². The lowest BCUT2D eigenvalue weighted by atomic mass is 10.0. The predicted molar refractivity (Wildman–Crippen MR) is 73.4 cm³/mol. The molecule has 18 heavy (non-hydrogen) atoms. The van der Waals surface area contributed by atoms with Gasteiger partial charge in [0, 0.05) is 29.5 Å². The first-order chi connectivity index (χ1) is 8.65. The van der Waals surface area contributed by atoms with Gasteiger partial charge in [-0.3, -0.25) is 4.79 Å². The van der Waals surface area contributed by atoms with E-state index in [9.17, 15) is 4.79 Å². The Morgan fingerprint density at radius 1 is 1.39 bits per heavy atom. The van der Waals surface area contributed by atoms with E-state index in [2.05, 4.69) is 0 Å². The monoisotopic (exact) mass is 286 g/mol. The molecule has 0 amide bonds. The molecule has 0 bridgehead atoms. The molecule has 2 nitrogen and oxygen atoms in total. The van der Waals surface area contributed by atoms with Crippen LogP contribution >= 0.6 is 23.2 Å². The maximum absolute atomic E-state index is 11.9. The van der Waals surface area contributed by atoms with Crippen molar-refractivity contribution < 1.29 is 9.53 Å². The third-order valence-corrected chi connectivity index (χ3v) is 3.76. The summed E-state index contributed by atoms with van der Waals surface area (Å²) in [7, 11) is 0. The van der Waals surface area contributed by atoms with Crippen molar-refractivity contribution in [2.45, 2.75) is 38.2 Å². The van der Waals surface area contributed by atoms with Gasteiger partial charge in [-0.1, -0.05) is 29.3 Å². The van der Waals surface area contributed by atoms with E-state index >= 15 is 0 Å². The Morgan fingerprint density at radius 2 is 2.22 bits per heavy atom. The van der Waals surface area contributed by atoms with Crippen molar-refractivity contribution in [3.8, 4) is 0 Å². The number of halogens is 2. The van der Waals surface area contributed by atoms with Gasteiger partial charge >= 0.3 is 0 Å². The first-order valence-corrected chi connectivity index (χ1v) is 6.98. The van der Waals surface area contributed by atoms with Gasteiger partial charge in [-0.25, -0.2) is 0 Å². The molecule has 98 valence electrons. The van der Waals surface area contributed by atoms with Gasteiger partial charge < -0.3 is 4.74 Å². The van der Waals surface area contributed by atoms with E-state index in [4.69, 9.17) is 27.9 Å². The second kappa shape index (κ2) is 6.55. The molecule has 1 aromatic rings. The Bertz CT molecular complexity index is 426. The van der Waals surface area contributed by atoms with E-state index in [0.717, 1.165) is 31.4 Å². The molecule has 1 aliphatic rings. The summed E-state index contributed by atoms with van der Waals surface area (Å²) in [4.78, 5) is 11.9. The lowest BCUT2D eigenvalue weighted by Crippen LogP contribution is -2.10. The van der Waals surface area contributed by atoms with Gasteiger partial charge in [-0.05, 0) is 37.0 Å². The van der Waals surface area contributed by atoms with Crippen LogP contribution in [-0.4, -0.2) is 18.5 Å². The Kier molecular flexibility index (Phi) is 5.04. The predicted octanol–water partition coefficient (Wildman–Crippen LogP) is 4.06. The molecule has 1 atom stereocenters. The van der Waals surface area contributed by atoms with Crippen LogP contribution in [0.3, 0.4) is 0 Å². The Morgan fingerprint density at radius 3 is 2.89 bits per heavy atom. The molecular formula is C14H16Cl2O2. The third kappa shape index (κ3) is 3.98. The van der Waals surface area contributed by atoms with Crippen LogP contribution in [0.25, 0.3) is 0 Å². The van der Waals surface area contributed by atoms with Crippen molar-refractivity contribution in [3.63, 3.8) is 0 Å². The molecule has 1 fully saturated rings. The summed E-state index contributed by atoms with van der Waals surface area (Å²) in [6.07, 6.45) is 4.22. The lowest BCUT2D eigenvalue weighted by molar-refractivity contribution is -0.119. The molecule has 4 heteroatoms. The summed E-state index contributed by atoms with van der Waals surface area (Å²) in [5, 5.41) is 1.16. The molecule has 0 aromatic heterocycles. The minimum atomic E-state index is 0.203. The van der Waals surface area contributed by atoms with Crippen LogP contribution in [0, 0.1) is 0 Å². The molecule has 1 aromatic carbocycles. The van der Waals surface area contributed by atoms with Crippen molar-refractivity contribution in [2.24, 2.45) is 0 Å². The Hall–Kier alpha value is -0.570. The average molecular weight is 287 g/mol. The summed E-state index contributed by atoms with van der Waals surface area (Å²) in [5.74, 6) is 0.203. The average Bonchev–Trinajstić information content (AvgIpc) is 2.83. The van der Waals surface area contributed by atoms with Crippen LogP contribution in [0.2, 0.25) is 10.0 Å². The molecule has 0 spiro atoms. The number of Topliss-reactive ketones (excluding diaryl/α,β-unsaturated/α-hetero) is 1. The zero-order valence-electron chi connectivity index (χ0n) is 10.1. The Balaban J connectivity index is 1.82. The number of rotatable bonds is 5. The molecule has 1 saturated heterocycles. The summed E-state index contributed by atoms with van der Waals surface area (Å²) >= 11 is 11.9. The molecule has 1 heterocycles. The number of benzene rings is 1. The van der Waals surface area contributed by atoms with Crippen LogP contribution in [0.15, 0.2) is 18.2 Å². The normalized spacial score (nSPS) is 19.1. The van der Waals surface area contributed by atoms with Gasteiger partial charge in [0.15, 0.2) is 0 Å². The molecule has 0 saturated carbocycles. The summed E-state index contributed by atoms with van der Waals surface area (Å²) < 4.78 is 5.50. The fraction of sp³-hybridized carbons (Fsp3) is 0.500. The highest BCUT2D eigenvalue weighted by molar-refractivity contribution is 6.35. The topological polar surface area (TPSA) is 26.3 Å². The second-order valence-corrected chi connectivity index (χ2v) is 5.47. The van der Waals surface area contributed by atoms with Gasteiger partial charge in [0.25, 0.3) is 0 Å². The number of carbonyl (C=O) groups is 1. The van der Waals surface area contributed by atoms with Crippen molar-refractivity contribution in [1.29, 1.82) is 0 Å². The molecule has 0 radical (unpaired) electrons. The molecule has 0 N–H and O–H groups in total. The van der Waals surface area contributed by atoms with Gasteiger partial charge in [-0.15, -0.1) is 0 Å². The number of ketones is 1. The minimum absolute atomic E-state index is 0.203. The molecule has 2 rings (SSSR count). The fourth-order valence-electron chi connectivity index (χ4n) is 2.16. The summed E-state index contributed by atoms with van der Waals surface area (Å²) in [5.41, 5.74) is 0.846. The SMILES string of the molecule is O=C(CCC1CCCO1)Cc1ccc(Cl)cc1Cl. The zero-order chi connectivity index (χ0) is 13.0. The maximum Gasteiger partial charge on any atom is 0.137 e. The maximum atomic E-state index is 11.9. The smallest absolute Gasteiger partial charge is 0.137 e. The fourth-order valence-corrected chi connectivity index (χ4v) is 2.64. The quantitative estimate of drug-likeness (QED) is 0.816. The summed E-state index contributed by atoms with van der Waals surface area (Å²) in [6.45, 7) is 0.835. The van der Waals surface area contributed by atoms with Crippen molar-refractivity contribution in [1.82, 2.24) is 0 Å². The standard InChI is InChI=1S/C14H16Cl2O2/c15-11-4-3-10(14(16)9-11)8-12(17)5-6-13-2-1-7-18-13/h3-4,9,13H,1-2,5-8H2. The van der Waals surface area contributed by atoms with Crippen LogP contribution in [-0.2, 0) is 16.0 Å². The highest BCUT2D eigenvalue weighted by Crippen LogP contribution is 2.23. The lowest BCUT2D eigenvalue weighted by Gasteiger charge is -2.08. The van der Waals surface area contributed by atoms with E-state index in [-0.39, 0.29) is 11.9 Å². The van der Waals surface area contributed by atoms with Gasteiger partial charge in [0.05, 0.1) is 6.10 Å². The van der Waals surface area contributed by atoms with Crippen molar-refractivity contribution in [3.05, 3.63) is 33.8 Å². The van der Waals surface area contributed by atoms with Crippen LogP contribution in [0.5, 0.6) is 0 Å². The second-order valence-electron chi connectivity index (χ2n) is 4.62. The number of hydrogen-bond donors (Lipinski definition) is 0. The number of ether oxygens (including phenoxy) is 1. The van der Waals surface area contributed by atoms with Crippen molar-refractivity contribution in [2.75, 3.05) is 6.61 Å². The van der Waals surface area contributed by atoms with Crippen LogP contribution in [0.4, 0.5) is 0 Å². The zero-order valence-corrected chi connectivity index (χ0v) is 11.6. The van der Waals surface area contributed by atoms with Gasteiger partial charge in [0.1, 0.15) is 5.78 Å². The molecule has 1 aliphatic heterocycles. The molecule has 1 unspecified atom stereocenters. The van der Waals surface area contributed by atoms with Gasteiger partial charge in [-0.2, -0.15) is 0 Å².